The van der Waals surface area contributed by atoms with Gasteiger partial charge in [-0.05, 0) is 31.1 Å². The Labute approximate surface area is 173 Å². The minimum Gasteiger partial charge on any atom is -0.396 e. The fourth-order valence-corrected chi connectivity index (χ4v) is 6.20. The van der Waals surface area contributed by atoms with E-state index in [1.807, 2.05) is 0 Å². The van der Waals surface area contributed by atoms with Gasteiger partial charge in [0.2, 0.25) is 5.95 Å². The molecule has 2 heterocycles. The molecule has 12 heteroatoms. The molecule has 2 saturated carbocycles. The van der Waals surface area contributed by atoms with Crippen LogP contribution in [0.15, 0.2) is 6.20 Å². The zero-order valence-electron chi connectivity index (χ0n) is 16.2. The maximum atomic E-state index is 13.7. The molecule has 1 aromatic rings. The number of aliphatic hydroxyl groups is 1. The predicted molar refractivity (Wildman–Crippen MR) is 104 cm³/mol. The van der Waals surface area contributed by atoms with Crippen molar-refractivity contribution in [3.63, 3.8) is 0 Å². The van der Waals surface area contributed by atoms with Gasteiger partial charge in [-0.3, -0.25) is 13.9 Å². The van der Waals surface area contributed by atoms with Crippen LogP contribution in [0.2, 0.25) is 0 Å². The Balaban J connectivity index is 1.56. The second kappa shape index (κ2) is 7.81. The van der Waals surface area contributed by atoms with Crippen LogP contribution in [-0.2, 0) is 6.18 Å². The standard InChI is InChI=1S/C18H25F3N4O4S/c19-18(20,21)15-12(16(27)25-3-5-30(28,29)6-4-25)8-22-17(24-15)23-14-11-2-1-10(7-11)13(14)9-26/h8,10-11,13-14,26,28-29H,1-7,9H2,(H,22,23,24)/t10-,11+,13+,14-/m1/s1. The SMILES string of the molecule is O=C(c1cnc(N[C@@H]2[C@H]3CC[C@H](C3)[C@@H]2CO)nc1C(F)(F)F)N1CCS(O)(O)CC1. The molecule has 4 atom stereocenters. The number of nitrogens with one attached hydrogen (secondary N) is 1. The van der Waals surface area contributed by atoms with Gasteiger partial charge < -0.3 is 15.3 Å². The molecule has 2 aliphatic carbocycles. The molecule has 0 aromatic carbocycles. The lowest BCUT2D eigenvalue weighted by Crippen LogP contribution is -2.43. The van der Waals surface area contributed by atoms with E-state index in [9.17, 15) is 32.2 Å². The smallest absolute Gasteiger partial charge is 0.396 e. The molecule has 1 amide bonds. The lowest BCUT2D eigenvalue weighted by molar-refractivity contribution is -0.141. The summed E-state index contributed by atoms with van der Waals surface area (Å²) in [6.07, 6.45) is -1.07. The van der Waals surface area contributed by atoms with Gasteiger partial charge in [-0.1, -0.05) is 0 Å². The van der Waals surface area contributed by atoms with E-state index < -0.39 is 33.9 Å². The number of aliphatic hydroxyl groups excluding tert-OH is 1. The number of fused-ring (bicyclic) bond motifs is 2. The van der Waals surface area contributed by atoms with Crippen LogP contribution in [0.1, 0.15) is 35.3 Å². The molecule has 2 bridgehead atoms. The summed E-state index contributed by atoms with van der Waals surface area (Å²) in [6.45, 7) is -0.126. The molecule has 1 saturated heterocycles. The molecule has 0 unspecified atom stereocenters. The second-order valence-corrected chi connectivity index (χ2v) is 10.7. The predicted octanol–water partition coefficient (Wildman–Crippen LogP) is 2.52. The number of rotatable bonds is 4. The number of amides is 1. The van der Waals surface area contributed by atoms with Gasteiger partial charge in [0.25, 0.3) is 5.91 Å². The van der Waals surface area contributed by atoms with E-state index in [4.69, 9.17) is 0 Å². The number of carbonyl (C=O) groups excluding carboxylic acids is 1. The number of nitrogens with zero attached hydrogens (tertiary/aromatic N) is 3. The highest BCUT2D eigenvalue weighted by Crippen LogP contribution is 2.49. The fourth-order valence-electron chi connectivity index (χ4n) is 4.97. The van der Waals surface area contributed by atoms with E-state index in [0.29, 0.717) is 5.92 Å². The second-order valence-electron chi connectivity index (χ2n) is 8.31. The molecule has 4 N–H and O–H groups in total. The molecule has 4 rings (SSSR count). The minimum absolute atomic E-state index is 0.0399. The molecule has 0 radical (unpaired) electrons. The number of alkyl halides is 3. The third kappa shape index (κ3) is 4.10. The summed E-state index contributed by atoms with van der Waals surface area (Å²) >= 11 is 0. The van der Waals surface area contributed by atoms with E-state index in [1.54, 1.807) is 0 Å². The number of hydrogen-bond donors (Lipinski definition) is 4. The molecule has 8 nitrogen and oxygen atoms in total. The van der Waals surface area contributed by atoms with E-state index in [2.05, 4.69) is 15.3 Å². The van der Waals surface area contributed by atoms with Crippen molar-refractivity contribution in [1.29, 1.82) is 0 Å². The molecule has 1 aromatic heterocycles. The maximum Gasteiger partial charge on any atom is 0.434 e. The number of hydrogen-bond acceptors (Lipinski definition) is 7. The first kappa shape index (κ1) is 21.6. The topological polar surface area (TPSA) is 119 Å². The molecule has 168 valence electrons. The van der Waals surface area contributed by atoms with Gasteiger partial charge >= 0.3 is 6.18 Å². The summed E-state index contributed by atoms with van der Waals surface area (Å²) in [5.41, 5.74) is -1.97. The monoisotopic (exact) mass is 450 g/mol. The summed E-state index contributed by atoms with van der Waals surface area (Å²) in [7, 11) is -2.78. The van der Waals surface area contributed by atoms with Gasteiger partial charge in [0, 0.05) is 37.9 Å². The van der Waals surface area contributed by atoms with Gasteiger partial charge in [-0.15, -0.1) is 0 Å². The van der Waals surface area contributed by atoms with Crippen LogP contribution in [0.4, 0.5) is 19.1 Å². The van der Waals surface area contributed by atoms with Crippen molar-refractivity contribution in [2.45, 2.75) is 31.5 Å². The van der Waals surface area contributed by atoms with E-state index in [1.165, 1.54) is 0 Å². The highest BCUT2D eigenvalue weighted by molar-refractivity contribution is 8.24. The number of halogens is 3. The molecule has 3 aliphatic rings. The summed E-state index contributed by atoms with van der Waals surface area (Å²) in [5, 5.41) is 12.6. The summed E-state index contributed by atoms with van der Waals surface area (Å²) < 4.78 is 60.4. The fraction of sp³-hybridized carbons (Fsp3) is 0.722. The van der Waals surface area contributed by atoms with Gasteiger partial charge in [-0.2, -0.15) is 23.8 Å². The summed E-state index contributed by atoms with van der Waals surface area (Å²) in [6, 6.07) is -0.191. The lowest BCUT2D eigenvalue weighted by Gasteiger charge is -2.41. The first-order valence-corrected chi connectivity index (χ1v) is 11.8. The van der Waals surface area contributed by atoms with Crippen LogP contribution < -0.4 is 5.32 Å². The molecule has 30 heavy (non-hydrogen) atoms. The van der Waals surface area contributed by atoms with Crippen molar-refractivity contribution >= 4 is 22.4 Å². The van der Waals surface area contributed by atoms with Crippen LogP contribution >= 0.6 is 10.6 Å². The van der Waals surface area contributed by atoms with Gasteiger partial charge in [0.05, 0.1) is 17.1 Å². The van der Waals surface area contributed by atoms with E-state index in [-0.39, 0.29) is 55.0 Å². The summed E-state index contributed by atoms with van der Waals surface area (Å²) in [4.78, 5) is 21.4. The van der Waals surface area contributed by atoms with Crippen LogP contribution in [-0.4, -0.2) is 72.2 Å². The molecule has 3 fully saturated rings. The Hall–Kier alpha value is -1.63. The Kier molecular flexibility index (Phi) is 5.62. The van der Waals surface area contributed by atoms with Crippen molar-refractivity contribution < 1.29 is 32.2 Å². The lowest BCUT2D eigenvalue weighted by atomic mass is 9.85. The van der Waals surface area contributed by atoms with Crippen LogP contribution in [0.25, 0.3) is 0 Å². The third-order valence-corrected chi connectivity index (χ3v) is 8.22. The van der Waals surface area contributed by atoms with Crippen LogP contribution in [0.3, 0.4) is 0 Å². The first-order chi connectivity index (χ1) is 14.1. The average Bonchev–Trinajstić information content (AvgIpc) is 3.28. The normalized spacial score (nSPS) is 31.6. The first-order valence-electron chi connectivity index (χ1n) is 9.93. The number of carbonyl (C=O) groups is 1. The van der Waals surface area contributed by atoms with Crippen LogP contribution in [0.5, 0.6) is 0 Å². The van der Waals surface area contributed by atoms with Crippen molar-refractivity contribution in [2.24, 2.45) is 17.8 Å². The zero-order chi connectivity index (χ0) is 21.7. The Bertz CT molecular complexity index is 815. The number of aromatic nitrogens is 2. The van der Waals surface area contributed by atoms with Crippen molar-refractivity contribution in [3.05, 3.63) is 17.5 Å². The quantitative estimate of drug-likeness (QED) is 0.557. The van der Waals surface area contributed by atoms with E-state index >= 15 is 0 Å². The zero-order valence-corrected chi connectivity index (χ0v) is 17.0. The highest BCUT2D eigenvalue weighted by Gasteiger charge is 2.48. The Morgan fingerprint density at radius 2 is 1.90 bits per heavy atom. The van der Waals surface area contributed by atoms with Crippen LogP contribution in [0, 0.1) is 17.8 Å². The molecular weight excluding hydrogens is 425 g/mol. The van der Waals surface area contributed by atoms with Gasteiger partial charge in [0.15, 0.2) is 5.69 Å². The highest BCUT2D eigenvalue weighted by atomic mass is 32.3. The summed E-state index contributed by atoms with van der Waals surface area (Å²) in [5.74, 6) is -0.636. The third-order valence-electron chi connectivity index (χ3n) is 6.55. The van der Waals surface area contributed by atoms with Crippen molar-refractivity contribution in [2.75, 3.05) is 36.5 Å². The van der Waals surface area contributed by atoms with Crippen molar-refractivity contribution in [3.8, 4) is 0 Å². The number of anilines is 1. The van der Waals surface area contributed by atoms with E-state index in [0.717, 1.165) is 30.4 Å². The van der Waals surface area contributed by atoms with Crippen molar-refractivity contribution in [1.82, 2.24) is 14.9 Å². The Morgan fingerprint density at radius 1 is 1.23 bits per heavy atom. The maximum absolute atomic E-state index is 13.7. The van der Waals surface area contributed by atoms with Gasteiger partial charge in [0.1, 0.15) is 0 Å². The average molecular weight is 450 g/mol. The van der Waals surface area contributed by atoms with Gasteiger partial charge in [-0.25, -0.2) is 9.97 Å². The molecular formula is C18H25F3N4O4S. The Morgan fingerprint density at radius 3 is 2.53 bits per heavy atom. The molecule has 0 spiro atoms. The minimum atomic E-state index is -4.85. The largest absolute Gasteiger partial charge is 0.434 e. The molecule has 1 aliphatic heterocycles.